The van der Waals surface area contributed by atoms with Crippen molar-refractivity contribution in [2.45, 2.75) is 137 Å². The molecule has 234 valence electrons. The fourth-order valence-electron chi connectivity index (χ4n) is 5.70. The lowest BCUT2D eigenvalue weighted by Gasteiger charge is -2.43. The van der Waals surface area contributed by atoms with Gasteiger partial charge in [0.2, 0.25) is 0 Å². The number of nitrogens with zero attached hydrogens (tertiary/aromatic N) is 1. The molecular weight excluding hydrogens is 506 g/mol. The van der Waals surface area contributed by atoms with Crippen LogP contribution in [0.25, 0.3) is 0 Å². The standard InChI is InChI=1S/C33H61NO6/c1-5-6-7-8-9-10-11-12-13-14-15-16-17-18-19-20-21-22-23-24-34(25-28(2)31(35)36,26-29(3)32(37)38)27-30(4)33(39)40/h7-8,28-30H,5-6,9-27H2,1-4H3,(H2-,35,36,37,38,39,40)/b8-7+. The third kappa shape index (κ3) is 20.1. The van der Waals surface area contributed by atoms with E-state index in [2.05, 4.69) is 19.1 Å². The second-order valence-electron chi connectivity index (χ2n) is 12.3. The van der Waals surface area contributed by atoms with Crippen LogP contribution in [0.2, 0.25) is 0 Å². The van der Waals surface area contributed by atoms with Crippen molar-refractivity contribution in [1.82, 2.24) is 0 Å². The second kappa shape index (κ2) is 23.8. The molecule has 0 spiro atoms. The van der Waals surface area contributed by atoms with Crippen molar-refractivity contribution < 1.29 is 34.2 Å². The van der Waals surface area contributed by atoms with E-state index in [1.54, 1.807) is 20.8 Å². The maximum absolute atomic E-state index is 11.6. The van der Waals surface area contributed by atoms with Crippen LogP contribution in [0.15, 0.2) is 12.2 Å². The number of carbonyl (C=O) groups is 3. The molecule has 0 aliphatic carbocycles. The Labute approximate surface area is 245 Å². The largest absolute Gasteiger partial charge is 0.550 e. The van der Waals surface area contributed by atoms with E-state index in [1.165, 1.54) is 89.9 Å². The van der Waals surface area contributed by atoms with Gasteiger partial charge in [-0.25, -0.2) is 0 Å². The van der Waals surface area contributed by atoms with Crippen molar-refractivity contribution in [2.75, 3.05) is 26.2 Å². The van der Waals surface area contributed by atoms with Crippen molar-refractivity contribution in [3.63, 3.8) is 0 Å². The van der Waals surface area contributed by atoms with Gasteiger partial charge in [0.15, 0.2) is 0 Å². The Morgan fingerprint density at radius 1 is 0.600 bits per heavy atom. The summed E-state index contributed by atoms with van der Waals surface area (Å²) in [5.41, 5.74) is 0. The molecule has 7 nitrogen and oxygen atoms in total. The SMILES string of the molecule is CCC/C=C/CCCCCCCCCCCCCCCC[N+](CC(C)C(=O)[O-])(CC(C)C(=O)O)CC(C)C(=O)O. The highest BCUT2D eigenvalue weighted by Gasteiger charge is 2.36. The number of allylic oxidation sites excluding steroid dienone is 2. The Kier molecular flexibility index (Phi) is 22.7. The lowest BCUT2D eigenvalue weighted by atomic mass is 10.00. The van der Waals surface area contributed by atoms with Gasteiger partial charge in [0.1, 0.15) is 11.8 Å². The first kappa shape index (κ1) is 38.1. The fraction of sp³-hybridized carbons (Fsp3) is 0.848. The summed E-state index contributed by atoms with van der Waals surface area (Å²) in [4.78, 5) is 34.7. The maximum atomic E-state index is 11.6. The van der Waals surface area contributed by atoms with Gasteiger partial charge in [0.05, 0.1) is 26.2 Å². The van der Waals surface area contributed by atoms with E-state index >= 15 is 0 Å². The van der Waals surface area contributed by atoms with Crippen LogP contribution in [0.4, 0.5) is 0 Å². The molecule has 0 aliphatic rings. The van der Waals surface area contributed by atoms with E-state index < -0.39 is 35.7 Å². The zero-order chi connectivity index (χ0) is 30.2. The first-order valence-electron chi connectivity index (χ1n) is 16.2. The topological polar surface area (TPSA) is 115 Å². The molecule has 0 aliphatic heterocycles. The smallest absolute Gasteiger partial charge is 0.311 e. The molecular formula is C33H61NO6. The molecule has 0 fully saturated rings. The third-order valence-electron chi connectivity index (χ3n) is 8.10. The number of hydrogen-bond acceptors (Lipinski definition) is 4. The molecule has 0 rings (SSSR count). The van der Waals surface area contributed by atoms with Crippen molar-refractivity contribution in [3.05, 3.63) is 12.2 Å². The monoisotopic (exact) mass is 567 g/mol. The lowest BCUT2D eigenvalue weighted by Crippen LogP contribution is -2.58. The normalized spacial score (nSPS) is 15.5. The summed E-state index contributed by atoms with van der Waals surface area (Å²) >= 11 is 0. The van der Waals surface area contributed by atoms with E-state index in [4.69, 9.17) is 0 Å². The molecule has 0 bridgehead atoms. The number of hydrogen-bond donors (Lipinski definition) is 2. The van der Waals surface area contributed by atoms with Crippen LogP contribution in [0.1, 0.15) is 137 Å². The summed E-state index contributed by atoms with van der Waals surface area (Å²) < 4.78 is 0.187. The van der Waals surface area contributed by atoms with Crippen molar-refractivity contribution in [3.8, 4) is 0 Å². The van der Waals surface area contributed by atoms with E-state index in [0.717, 1.165) is 19.3 Å². The van der Waals surface area contributed by atoms with Crippen LogP contribution in [0, 0.1) is 17.8 Å². The molecule has 2 N–H and O–H groups in total. The average molecular weight is 568 g/mol. The molecule has 0 aromatic rings. The first-order chi connectivity index (χ1) is 19.0. The fourth-order valence-corrected chi connectivity index (χ4v) is 5.70. The zero-order valence-corrected chi connectivity index (χ0v) is 26.2. The van der Waals surface area contributed by atoms with Crippen LogP contribution in [-0.4, -0.2) is 58.8 Å². The molecule has 0 heterocycles. The summed E-state index contributed by atoms with van der Waals surface area (Å²) in [5, 5.41) is 30.5. The summed E-state index contributed by atoms with van der Waals surface area (Å²) in [5.74, 6) is -5.23. The summed E-state index contributed by atoms with van der Waals surface area (Å²) in [6.45, 7) is 8.22. The van der Waals surface area contributed by atoms with E-state index in [9.17, 15) is 29.7 Å². The highest BCUT2D eigenvalue weighted by molar-refractivity contribution is 5.70. The molecule has 3 unspecified atom stereocenters. The Morgan fingerprint density at radius 2 is 0.950 bits per heavy atom. The van der Waals surface area contributed by atoms with Crippen LogP contribution < -0.4 is 5.11 Å². The number of carbonyl (C=O) groups excluding carboxylic acids is 1. The molecule has 3 atom stereocenters. The number of carboxylic acids is 3. The molecule has 7 heteroatoms. The summed E-state index contributed by atoms with van der Waals surface area (Å²) in [7, 11) is 0. The summed E-state index contributed by atoms with van der Waals surface area (Å²) in [6, 6.07) is 0. The minimum atomic E-state index is -1.18. The van der Waals surface area contributed by atoms with Gasteiger partial charge in [-0.05, 0) is 46.0 Å². The van der Waals surface area contributed by atoms with Gasteiger partial charge in [0, 0.05) is 11.9 Å². The number of carboxylic acid groups (broad SMARTS) is 3. The van der Waals surface area contributed by atoms with E-state index in [1.807, 2.05) is 0 Å². The van der Waals surface area contributed by atoms with Crippen LogP contribution in [0.3, 0.4) is 0 Å². The Balaban J connectivity index is 4.28. The lowest BCUT2D eigenvalue weighted by molar-refractivity contribution is -0.934. The highest BCUT2D eigenvalue weighted by atomic mass is 16.4. The summed E-state index contributed by atoms with van der Waals surface area (Å²) in [6.07, 6.45) is 25.6. The van der Waals surface area contributed by atoms with Gasteiger partial charge < -0.3 is 24.6 Å². The van der Waals surface area contributed by atoms with Gasteiger partial charge in [-0.2, -0.15) is 0 Å². The minimum absolute atomic E-state index is 0.187. The van der Waals surface area contributed by atoms with Crippen molar-refractivity contribution in [1.29, 1.82) is 0 Å². The van der Waals surface area contributed by atoms with Crippen LogP contribution in [0.5, 0.6) is 0 Å². The zero-order valence-electron chi connectivity index (χ0n) is 26.2. The molecule has 0 aromatic carbocycles. The minimum Gasteiger partial charge on any atom is -0.550 e. The van der Waals surface area contributed by atoms with E-state index in [0.29, 0.717) is 6.54 Å². The molecule has 0 saturated heterocycles. The third-order valence-corrected chi connectivity index (χ3v) is 8.10. The maximum Gasteiger partial charge on any atom is 0.311 e. The quantitative estimate of drug-likeness (QED) is 0.0608. The number of rotatable bonds is 28. The van der Waals surface area contributed by atoms with Gasteiger partial charge in [-0.15, -0.1) is 0 Å². The first-order valence-corrected chi connectivity index (χ1v) is 16.2. The van der Waals surface area contributed by atoms with Crippen LogP contribution >= 0.6 is 0 Å². The number of quaternary nitrogens is 1. The predicted molar refractivity (Wildman–Crippen MR) is 161 cm³/mol. The Morgan fingerprint density at radius 3 is 1.32 bits per heavy atom. The molecule has 0 radical (unpaired) electrons. The molecule has 0 saturated carbocycles. The van der Waals surface area contributed by atoms with Gasteiger partial charge in [0.25, 0.3) is 0 Å². The predicted octanol–water partition coefficient (Wildman–Crippen LogP) is 6.84. The van der Waals surface area contributed by atoms with Gasteiger partial charge >= 0.3 is 11.9 Å². The number of unbranched alkanes of at least 4 members (excludes halogenated alkanes) is 15. The van der Waals surface area contributed by atoms with Crippen molar-refractivity contribution >= 4 is 17.9 Å². The van der Waals surface area contributed by atoms with E-state index in [-0.39, 0.29) is 24.1 Å². The second-order valence-corrected chi connectivity index (χ2v) is 12.3. The van der Waals surface area contributed by atoms with Crippen LogP contribution in [-0.2, 0) is 14.4 Å². The number of aliphatic carboxylic acids is 3. The Hall–Kier alpha value is -1.89. The highest BCUT2D eigenvalue weighted by Crippen LogP contribution is 2.22. The van der Waals surface area contributed by atoms with Crippen molar-refractivity contribution in [2.24, 2.45) is 17.8 Å². The average Bonchev–Trinajstić information content (AvgIpc) is 2.89. The molecule has 40 heavy (non-hydrogen) atoms. The molecule has 0 aromatic heterocycles. The van der Waals surface area contributed by atoms with Gasteiger partial charge in [-0.1, -0.05) is 103 Å². The molecule has 0 amide bonds. The van der Waals surface area contributed by atoms with Gasteiger partial charge in [-0.3, -0.25) is 9.59 Å². The Bertz CT molecular complexity index is 652.